The average molecular weight is 246 g/mol. The molecule has 2 unspecified atom stereocenters. The summed E-state index contributed by atoms with van der Waals surface area (Å²) in [5.74, 6) is 0.438. The second kappa shape index (κ2) is 4.83. The number of piperidine rings is 1. The van der Waals surface area contributed by atoms with Crippen LogP contribution in [0.5, 0.6) is 0 Å². The lowest BCUT2D eigenvalue weighted by molar-refractivity contribution is 0.0263. The highest BCUT2D eigenvalue weighted by atomic mass is 35.5. The van der Waals surface area contributed by atoms with E-state index >= 15 is 0 Å². The predicted octanol–water partition coefficient (Wildman–Crippen LogP) is 2.60. The summed E-state index contributed by atoms with van der Waals surface area (Å²) < 4.78 is 0.843. The van der Waals surface area contributed by atoms with E-state index in [4.69, 9.17) is 11.6 Å². The van der Waals surface area contributed by atoms with Gasteiger partial charge in [-0.1, -0.05) is 18.5 Å². The molecule has 2 heterocycles. The Kier molecular flexibility index (Phi) is 3.67. The van der Waals surface area contributed by atoms with Gasteiger partial charge in [-0.25, -0.2) is 0 Å². The average Bonchev–Trinajstić information content (AvgIpc) is 2.58. The zero-order valence-electron chi connectivity index (χ0n) is 8.82. The van der Waals surface area contributed by atoms with Gasteiger partial charge in [-0.2, -0.15) is 0 Å². The van der Waals surface area contributed by atoms with Crippen molar-refractivity contribution < 1.29 is 5.11 Å². The van der Waals surface area contributed by atoms with E-state index in [1.54, 1.807) is 11.3 Å². The molecule has 1 aliphatic rings. The van der Waals surface area contributed by atoms with Gasteiger partial charge < -0.3 is 5.11 Å². The van der Waals surface area contributed by atoms with Crippen LogP contribution in [-0.2, 0) is 6.54 Å². The van der Waals surface area contributed by atoms with Crippen molar-refractivity contribution in [2.45, 2.75) is 26.0 Å². The highest BCUT2D eigenvalue weighted by molar-refractivity contribution is 7.16. The molecule has 0 radical (unpaired) electrons. The number of hydrogen-bond acceptors (Lipinski definition) is 3. The van der Waals surface area contributed by atoms with Crippen molar-refractivity contribution in [3.63, 3.8) is 0 Å². The molecule has 1 aliphatic heterocycles. The molecule has 1 fully saturated rings. The van der Waals surface area contributed by atoms with Crippen LogP contribution < -0.4 is 0 Å². The Hall–Kier alpha value is -0.0900. The number of nitrogens with zero attached hydrogens (tertiary/aromatic N) is 1. The number of halogens is 1. The molecule has 4 heteroatoms. The Morgan fingerprint density at radius 2 is 2.40 bits per heavy atom. The van der Waals surface area contributed by atoms with E-state index in [-0.39, 0.29) is 6.10 Å². The molecule has 1 aromatic heterocycles. The normalized spacial score (nSPS) is 28.2. The van der Waals surface area contributed by atoms with Gasteiger partial charge in [0.25, 0.3) is 0 Å². The maximum absolute atomic E-state index is 9.77. The van der Waals surface area contributed by atoms with Crippen molar-refractivity contribution in [2.75, 3.05) is 13.1 Å². The third-order valence-electron chi connectivity index (χ3n) is 3.01. The number of aliphatic hydroxyl groups is 1. The molecule has 0 aliphatic carbocycles. The lowest BCUT2D eigenvalue weighted by atomic mass is 9.96. The van der Waals surface area contributed by atoms with Gasteiger partial charge in [-0.15, -0.1) is 11.3 Å². The SMILES string of the molecule is CC1CCN(Cc2ccc(Cl)s2)CC1O. The quantitative estimate of drug-likeness (QED) is 0.866. The number of thiophene rings is 1. The molecule has 15 heavy (non-hydrogen) atoms. The zero-order chi connectivity index (χ0) is 10.8. The molecule has 1 aromatic rings. The van der Waals surface area contributed by atoms with Crippen molar-refractivity contribution in [1.29, 1.82) is 0 Å². The molecule has 1 saturated heterocycles. The monoisotopic (exact) mass is 245 g/mol. The number of likely N-dealkylation sites (tertiary alicyclic amines) is 1. The standard InChI is InChI=1S/C11H16ClNOS/c1-8-4-5-13(7-10(8)14)6-9-2-3-11(12)15-9/h2-3,8,10,14H,4-7H2,1H3. The second-order valence-corrected chi connectivity index (χ2v) is 6.07. The number of β-amino-alcohol motifs (C(OH)–C–C–N with tert-alkyl or cyclic N) is 1. The molecule has 2 rings (SSSR count). The van der Waals surface area contributed by atoms with E-state index in [9.17, 15) is 5.11 Å². The Bertz CT molecular complexity index is 328. The van der Waals surface area contributed by atoms with Gasteiger partial charge >= 0.3 is 0 Å². The molecular formula is C11H16ClNOS. The van der Waals surface area contributed by atoms with Crippen LogP contribution in [0.4, 0.5) is 0 Å². The lowest BCUT2D eigenvalue weighted by Crippen LogP contribution is -2.42. The summed E-state index contributed by atoms with van der Waals surface area (Å²) in [7, 11) is 0. The maximum atomic E-state index is 9.77. The fourth-order valence-corrected chi connectivity index (χ4v) is 3.05. The summed E-state index contributed by atoms with van der Waals surface area (Å²) in [6.45, 7) is 4.90. The predicted molar refractivity (Wildman–Crippen MR) is 64.4 cm³/mol. The second-order valence-electron chi connectivity index (χ2n) is 4.27. The van der Waals surface area contributed by atoms with E-state index in [2.05, 4.69) is 17.9 Å². The summed E-state index contributed by atoms with van der Waals surface area (Å²) in [6.07, 6.45) is 0.912. The van der Waals surface area contributed by atoms with Gasteiger partial charge in [0.05, 0.1) is 10.4 Å². The minimum atomic E-state index is -0.172. The number of rotatable bonds is 2. The van der Waals surface area contributed by atoms with Crippen molar-refractivity contribution in [1.82, 2.24) is 4.90 Å². The van der Waals surface area contributed by atoms with E-state index in [0.29, 0.717) is 5.92 Å². The third kappa shape index (κ3) is 2.94. The van der Waals surface area contributed by atoms with Gasteiger partial charge in [0, 0.05) is 18.0 Å². The van der Waals surface area contributed by atoms with E-state index in [0.717, 1.165) is 30.4 Å². The number of hydrogen-bond donors (Lipinski definition) is 1. The van der Waals surface area contributed by atoms with E-state index < -0.39 is 0 Å². The van der Waals surface area contributed by atoms with Gasteiger partial charge in [-0.3, -0.25) is 4.90 Å². The summed E-state index contributed by atoms with van der Waals surface area (Å²) in [4.78, 5) is 3.58. The van der Waals surface area contributed by atoms with Crippen molar-refractivity contribution in [2.24, 2.45) is 5.92 Å². The molecular weight excluding hydrogens is 230 g/mol. The summed E-state index contributed by atoms with van der Waals surface area (Å²) in [5, 5.41) is 9.77. The van der Waals surface area contributed by atoms with Crippen molar-refractivity contribution in [3.05, 3.63) is 21.3 Å². The molecule has 84 valence electrons. The van der Waals surface area contributed by atoms with Crippen LogP contribution in [0.1, 0.15) is 18.2 Å². The van der Waals surface area contributed by atoms with Gasteiger partial charge in [-0.05, 0) is 31.0 Å². The first-order valence-electron chi connectivity index (χ1n) is 5.30. The minimum absolute atomic E-state index is 0.172. The highest BCUT2D eigenvalue weighted by Crippen LogP contribution is 2.25. The molecule has 1 N–H and O–H groups in total. The molecule has 2 atom stereocenters. The Labute approximate surface area is 99.5 Å². The topological polar surface area (TPSA) is 23.5 Å². The van der Waals surface area contributed by atoms with Gasteiger partial charge in [0.2, 0.25) is 0 Å². The first kappa shape index (κ1) is 11.4. The van der Waals surface area contributed by atoms with Gasteiger partial charge in [0.1, 0.15) is 0 Å². The van der Waals surface area contributed by atoms with Crippen LogP contribution in [0.15, 0.2) is 12.1 Å². The first-order chi connectivity index (χ1) is 7.15. The van der Waals surface area contributed by atoms with Crippen LogP contribution in [0.2, 0.25) is 4.34 Å². The van der Waals surface area contributed by atoms with Crippen molar-refractivity contribution in [3.8, 4) is 0 Å². The van der Waals surface area contributed by atoms with E-state index in [1.807, 2.05) is 6.07 Å². The highest BCUT2D eigenvalue weighted by Gasteiger charge is 2.24. The Morgan fingerprint density at radius 3 is 3.00 bits per heavy atom. The largest absolute Gasteiger partial charge is 0.392 e. The van der Waals surface area contributed by atoms with Crippen LogP contribution in [-0.4, -0.2) is 29.2 Å². The molecule has 0 bridgehead atoms. The molecule has 0 spiro atoms. The summed E-state index contributed by atoms with van der Waals surface area (Å²) >= 11 is 7.51. The Morgan fingerprint density at radius 1 is 1.60 bits per heavy atom. The molecule has 0 aromatic carbocycles. The molecule has 0 saturated carbocycles. The Balaban J connectivity index is 1.90. The zero-order valence-corrected chi connectivity index (χ0v) is 10.4. The number of aliphatic hydroxyl groups excluding tert-OH is 1. The van der Waals surface area contributed by atoms with Crippen molar-refractivity contribution >= 4 is 22.9 Å². The first-order valence-corrected chi connectivity index (χ1v) is 6.49. The van der Waals surface area contributed by atoms with Crippen LogP contribution in [0, 0.1) is 5.92 Å². The maximum Gasteiger partial charge on any atom is 0.0931 e. The minimum Gasteiger partial charge on any atom is -0.392 e. The smallest absolute Gasteiger partial charge is 0.0931 e. The molecule has 0 amide bonds. The fraction of sp³-hybridized carbons (Fsp3) is 0.636. The fourth-order valence-electron chi connectivity index (χ4n) is 1.92. The van der Waals surface area contributed by atoms with Gasteiger partial charge in [0.15, 0.2) is 0 Å². The van der Waals surface area contributed by atoms with Crippen LogP contribution in [0.25, 0.3) is 0 Å². The molecule has 2 nitrogen and oxygen atoms in total. The lowest BCUT2D eigenvalue weighted by Gasteiger charge is -2.33. The van der Waals surface area contributed by atoms with E-state index in [1.165, 1.54) is 4.88 Å². The summed E-state index contributed by atoms with van der Waals surface area (Å²) in [5.41, 5.74) is 0. The van der Waals surface area contributed by atoms with Crippen LogP contribution >= 0.6 is 22.9 Å². The van der Waals surface area contributed by atoms with Crippen LogP contribution in [0.3, 0.4) is 0 Å². The third-order valence-corrected chi connectivity index (χ3v) is 4.23. The summed E-state index contributed by atoms with van der Waals surface area (Å²) in [6, 6.07) is 4.00.